The van der Waals surface area contributed by atoms with Gasteiger partial charge in [0.2, 0.25) is 10.0 Å². The summed E-state index contributed by atoms with van der Waals surface area (Å²) in [6.45, 7) is 0. The predicted molar refractivity (Wildman–Crippen MR) is 98.3 cm³/mol. The van der Waals surface area contributed by atoms with Crippen LogP contribution in [0.15, 0.2) is 28.6 Å². The highest BCUT2D eigenvalue weighted by Crippen LogP contribution is 2.14. The van der Waals surface area contributed by atoms with Crippen molar-refractivity contribution in [2.75, 3.05) is 36.7 Å². The third-order valence-corrected chi connectivity index (χ3v) is 6.63. The van der Waals surface area contributed by atoms with Crippen molar-refractivity contribution < 1.29 is 17.4 Å². The number of benzene rings is 1. The Morgan fingerprint density at radius 3 is 2.25 bits per heavy atom. The normalized spacial score (nSPS) is 14.2. The number of carbonyl (C=O) groups is 1. The summed E-state index contributed by atoms with van der Waals surface area (Å²) in [6.07, 6.45) is 2.47. The fourth-order valence-electron chi connectivity index (χ4n) is 1.59. The summed E-state index contributed by atoms with van der Waals surface area (Å²) in [4.78, 5) is 12.0. The Kier molecular flexibility index (Phi) is 7.65. The fourth-order valence-corrected chi connectivity index (χ4v) is 3.53. The highest BCUT2D eigenvalue weighted by molar-refractivity contribution is 7.92. The van der Waals surface area contributed by atoms with E-state index in [-0.39, 0.29) is 11.3 Å². The number of halogens is 1. The summed E-state index contributed by atoms with van der Waals surface area (Å²) in [5.41, 5.74) is 0.582. The molecule has 24 heavy (non-hydrogen) atoms. The van der Waals surface area contributed by atoms with Gasteiger partial charge in [0.15, 0.2) is 0 Å². The highest BCUT2D eigenvalue weighted by Gasteiger charge is 2.13. The van der Waals surface area contributed by atoms with Crippen molar-refractivity contribution in [1.29, 1.82) is 0 Å². The van der Waals surface area contributed by atoms with Gasteiger partial charge in [-0.25, -0.2) is 16.9 Å². The Balaban J connectivity index is 2.83. The van der Waals surface area contributed by atoms with E-state index in [1.54, 1.807) is 14.1 Å². The van der Waals surface area contributed by atoms with E-state index in [4.69, 9.17) is 11.6 Å². The number of amides is 1. The first-order valence-electron chi connectivity index (χ1n) is 7.18. The molecular weight excluding hydrogens is 374 g/mol. The molecule has 1 atom stereocenters. The molecule has 136 valence electrons. The number of carbonyl (C=O) groups excluding carboxylic acids is 1. The number of rotatable bonds is 8. The lowest BCUT2D eigenvalue weighted by Gasteiger charge is -2.11. The maximum atomic E-state index is 12.1. The maximum absolute atomic E-state index is 12.1. The van der Waals surface area contributed by atoms with E-state index in [0.29, 0.717) is 24.4 Å². The van der Waals surface area contributed by atoms with Crippen molar-refractivity contribution in [2.24, 2.45) is 4.36 Å². The molecule has 1 aromatic rings. The second-order valence-electron chi connectivity index (χ2n) is 5.37. The molecule has 1 N–H and O–H groups in total. The topological polar surface area (TPSA) is 95.9 Å². The number of nitrogens with one attached hydrogen (secondary N) is 1. The van der Waals surface area contributed by atoms with Gasteiger partial charge in [-0.05, 0) is 37.1 Å². The molecule has 0 aliphatic rings. The van der Waals surface area contributed by atoms with Crippen molar-refractivity contribution >= 4 is 43.1 Å². The molecule has 10 heteroatoms. The fraction of sp³-hybridized carbons (Fsp3) is 0.500. The number of alkyl halides is 1. The maximum Gasteiger partial charge on any atom is 0.286 e. The molecule has 0 aliphatic heterocycles. The lowest BCUT2D eigenvalue weighted by atomic mass is 10.2. The Labute approximate surface area is 148 Å². The van der Waals surface area contributed by atoms with Gasteiger partial charge >= 0.3 is 0 Å². The monoisotopic (exact) mass is 395 g/mol. The molecule has 1 unspecified atom stereocenters. The molecule has 0 aliphatic carbocycles. The van der Waals surface area contributed by atoms with Gasteiger partial charge in [0, 0.05) is 37.5 Å². The van der Waals surface area contributed by atoms with E-state index in [1.807, 2.05) is 0 Å². The van der Waals surface area contributed by atoms with Crippen LogP contribution < -0.4 is 4.72 Å². The number of anilines is 1. The standard InChI is InChI=1S/C14H22ClN3O4S2/c1-18(2)23(3,20)17-14(19)12-6-8-13(9-7-12)16-24(21,22)11-5-4-10-15/h6-9,16H,4-5,10-11H2,1-3H3. The van der Waals surface area contributed by atoms with E-state index in [1.165, 1.54) is 34.8 Å². The molecule has 0 spiro atoms. The van der Waals surface area contributed by atoms with Gasteiger partial charge in [0.25, 0.3) is 5.91 Å². The minimum atomic E-state index is -3.45. The van der Waals surface area contributed by atoms with E-state index in [2.05, 4.69) is 9.08 Å². The average Bonchev–Trinajstić information content (AvgIpc) is 2.47. The molecule has 0 saturated carbocycles. The largest absolute Gasteiger partial charge is 0.286 e. The van der Waals surface area contributed by atoms with Crippen LogP contribution in [0.1, 0.15) is 23.2 Å². The Morgan fingerprint density at radius 2 is 1.75 bits per heavy atom. The van der Waals surface area contributed by atoms with E-state index < -0.39 is 25.8 Å². The molecular formula is C14H22ClN3O4S2. The van der Waals surface area contributed by atoms with Gasteiger partial charge in [0.05, 0.1) is 5.75 Å². The summed E-state index contributed by atoms with van der Waals surface area (Å²) in [5, 5.41) is 0. The van der Waals surface area contributed by atoms with Gasteiger partial charge < -0.3 is 0 Å². The first-order chi connectivity index (χ1) is 11.1. The molecule has 0 radical (unpaired) electrons. The Morgan fingerprint density at radius 1 is 1.17 bits per heavy atom. The van der Waals surface area contributed by atoms with Crippen LogP contribution in [0.2, 0.25) is 0 Å². The van der Waals surface area contributed by atoms with E-state index >= 15 is 0 Å². The Hall–Kier alpha value is -1.16. The zero-order valence-electron chi connectivity index (χ0n) is 13.9. The highest BCUT2D eigenvalue weighted by atomic mass is 35.5. The number of unbranched alkanes of at least 4 members (excludes halogenated alkanes) is 1. The van der Waals surface area contributed by atoms with Crippen LogP contribution in [0.4, 0.5) is 5.69 Å². The minimum absolute atomic E-state index is 0.0174. The molecule has 7 nitrogen and oxygen atoms in total. The summed E-state index contributed by atoms with van der Waals surface area (Å²) >= 11 is 5.52. The van der Waals surface area contributed by atoms with Gasteiger partial charge in [-0.3, -0.25) is 9.52 Å². The quantitative estimate of drug-likeness (QED) is 0.538. The zero-order chi connectivity index (χ0) is 18.4. The third-order valence-electron chi connectivity index (χ3n) is 3.13. The van der Waals surface area contributed by atoms with Crippen LogP contribution in [0.5, 0.6) is 0 Å². The van der Waals surface area contributed by atoms with Crippen LogP contribution in [-0.4, -0.2) is 54.8 Å². The molecule has 0 bridgehead atoms. The first kappa shape index (κ1) is 20.9. The summed E-state index contributed by atoms with van der Waals surface area (Å²) in [5.74, 6) is -0.215. The van der Waals surface area contributed by atoms with Gasteiger partial charge in [-0.2, -0.15) is 0 Å². The second-order valence-corrected chi connectivity index (χ2v) is 10.0. The van der Waals surface area contributed by atoms with Crippen molar-refractivity contribution in [1.82, 2.24) is 4.31 Å². The molecule has 1 rings (SSSR count). The van der Waals surface area contributed by atoms with Crippen molar-refractivity contribution in [3.05, 3.63) is 29.8 Å². The van der Waals surface area contributed by atoms with Gasteiger partial charge in [0.1, 0.15) is 9.92 Å². The summed E-state index contributed by atoms with van der Waals surface area (Å²) < 4.78 is 43.3. The molecule has 0 heterocycles. The zero-order valence-corrected chi connectivity index (χ0v) is 16.2. The van der Waals surface area contributed by atoms with Crippen molar-refractivity contribution in [3.8, 4) is 0 Å². The smallest absolute Gasteiger partial charge is 0.284 e. The molecule has 1 amide bonds. The molecule has 0 saturated heterocycles. The molecule has 0 fully saturated rings. The first-order valence-corrected chi connectivity index (χ1v) is 11.2. The minimum Gasteiger partial charge on any atom is -0.284 e. The SMILES string of the molecule is CN(C)S(C)(=O)=NC(=O)c1ccc(NS(=O)(=O)CCCCCl)cc1. The second kappa shape index (κ2) is 8.80. The van der Waals surface area contributed by atoms with Crippen LogP contribution in [0, 0.1) is 0 Å². The predicted octanol–water partition coefficient (Wildman–Crippen LogP) is 2.16. The van der Waals surface area contributed by atoms with Gasteiger partial charge in [-0.15, -0.1) is 16.0 Å². The lowest BCUT2D eigenvalue weighted by Crippen LogP contribution is -2.21. The van der Waals surface area contributed by atoms with Crippen LogP contribution in [0.3, 0.4) is 0 Å². The van der Waals surface area contributed by atoms with Crippen molar-refractivity contribution in [2.45, 2.75) is 12.8 Å². The van der Waals surface area contributed by atoms with Gasteiger partial charge in [-0.1, -0.05) is 0 Å². The number of sulfonamides is 1. The van der Waals surface area contributed by atoms with Crippen LogP contribution in [-0.2, 0) is 19.9 Å². The van der Waals surface area contributed by atoms with Crippen LogP contribution >= 0.6 is 11.6 Å². The third kappa shape index (κ3) is 6.76. The lowest BCUT2D eigenvalue weighted by molar-refractivity contribution is 0.100. The average molecular weight is 396 g/mol. The number of hydrogen-bond donors (Lipinski definition) is 1. The molecule has 1 aromatic carbocycles. The number of nitrogens with zero attached hydrogens (tertiary/aromatic N) is 2. The number of hydrogen-bond acceptors (Lipinski definition) is 4. The summed E-state index contributed by atoms with van der Waals surface area (Å²) in [6, 6.07) is 5.81. The van der Waals surface area contributed by atoms with Crippen molar-refractivity contribution in [3.63, 3.8) is 0 Å². The van der Waals surface area contributed by atoms with E-state index in [0.717, 1.165) is 0 Å². The molecule has 0 aromatic heterocycles. The Bertz CT molecular complexity index is 783. The summed E-state index contributed by atoms with van der Waals surface area (Å²) in [7, 11) is -3.07. The van der Waals surface area contributed by atoms with Crippen LogP contribution in [0.25, 0.3) is 0 Å². The van der Waals surface area contributed by atoms with E-state index in [9.17, 15) is 17.4 Å².